The van der Waals surface area contributed by atoms with Gasteiger partial charge in [0.15, 0.2) is 5.78 Å². The first-order valence-corrected chi connectivity index (χ1v) is 5.39. The van der Waals surface area contributed by atoms with E-state index in [1.807, 2.05) is 0 Å². The van der Waals surface area contributed by atoms with Gasteiger partial charge in [-0.3, -0.25) is 9.78 Å². The second-order valence-electron chi connectivity index (χ2n) is 3.38. The SMILES string of the molecule is COc1ccncc1C(=O)c1ccccc1Cl. The summed E-state index contributed by atoms with van der Waals surface area (Å²) < 4.78 is 5.12. The van der Waals surface area contributed by atoms with Crippen molar-refractivity contribution in [3.8, 4) is 5.75 Å². The smallest absolute Gasteiger partial charge is 0.199 e. The number of hydrogen-bond acceptors (Lipinski definition) is 3. The molecule has 2 rings (SSSR count). The van der Waals surface area contributed by atoms with E-state index in [2.05, 4.69) is 4.98 Å². The van der Waals surface area contributed by atoms with Gasteiger partial charge in [-0.15, -0.1) is 0 Å². The van der Waals surface area contributed by atoms with Gasteiger partial charge in [0.2, 0.25) is 0 Å². The first-order chi connectivity index (χ1) is 8.24. The van der Waals surface area contributed by atoms with Gasteiger partial charge in [-0.2, -0.15) is 0 Å². The Hall–Kier alpha value is -1.87. The molecule has 0 fully saturated rings. The minimum Gasteiger partial charge on any atom is -0.496 e. The van der Waals surface area contributed by atoms with Gasteiger partial charge in [0.25, 0.3) is 0 Å². The van der Waals surface area contributed by atoms with E-state index in [0.717, 1.165) is 0 Å². The number of aromatic nitrogens is 1. The first kappa shape index (κ1) is 11.6. The van der Waals surface area contributed by atoms with Crippen LogP contribution in [0.5, 0.6) is 5.75 Å². The number of benzene rings is 1. The summed E-state index contributed by atoms with van der Waals surface area (Å²) in [5, 5.41) is 0.420. The molecule has 0 amide bonds. The fourth-order valence-corrected chi connectivity index (χ4v) is 1.74. The third kappa shape index (κ3) is 2.29. The van der Waals surface area contributed by atoms with Crippen LogP contribution in [0.25, 0.3) is 0 Å². The second kappa shape index (κ2) is 4.97. The molecule has 0 aliphatic carbocycles. The Labute approximate surface area is 104 Å². The highest BCUT2D eigenvalue weighted by molar-refractivity contribution is 6.35. The normalized spacial score (nSPS) is 10.0. The van der Waals surface area contributed by atoms with Gasteiger partial charge in [-0.05, 0) is 18.2 Å². The highest BCUT2D eigenvalue weighted by Gasteiger charge is 2.16. The first-order valence-electron chi connectivity index (χ1n) is 5.01. The van der Waals surface area contributed by atoms with Crippen molar-refractivity contribution >= 4 is 17.4 Å². The Morgan fingerprint density at radius 2 is 2.00 bits per heavy atom. The molecule has 0 radical (unpaired) electrons. The van der Waals surface area contributed by atoms with Crippen LogP contribution in [0.1, 0.15) is 15.9 Å². The molecule has 0 atom stereocenters. The van der Waals surface area contributed by atoms with Crippen molar-refractivity contribution in [1.82, 2.24) is 4.98 Å². The van der Waals surface area contributed by atoms with Crippen LogP contribution in [0.2, 0.25) is 5.02 Å². The molecule has 1 aromatic carbocycles. The van der Waals surface area contributed by atoms with E-state index in [9.17, 15) is 4.79 Å². The molecular formula is C13H10ClNO2. The zero-order valence-corrected chi connectivity index (χ0v) is 9.94. The summed E-state index contributed by atoms with van der Waals surface area (Å²) in [6, 6.07) is 8.54. The molecule has 17 heavy (non-hydrogen) atoms. The van der Waals surface area contributed by atoms with Gasteiger partial charge in [-0.1, -0.05) is 23.7 Å². The Morgan fingerprint density at radius 1 is 1.24 bits per heavy atom. The molecule has 0 aliphatic rings. The fraction of sp³-hybridized carbons (Fsp3) is 0.0769. The topological polar surface area (TPSA) is 39.2 Å². The summed E-state index contributed by atoms with van der Waals surface area (Å²) in [4.78, 5) is 16.2. The molecule has 0 aliphatic heterocycles. The van der Waals surface area contributed by atoms with Crippen molar-refractivity contribution in [3.05, 3.63) is 58.9 Å². The van der Waals surface area contributed by atoms with Crippen LogP contribution in [0.15, 0.2) is 42.7 Å². The number of ketones is 1. The Balaban J connectivity index is 2.48. The van der Waals surface area contributed by atoms with E-state index in [0.29, 0.717) is 21.9 Å². The number of halogens is 1. The van der Waals surface area contributed by atoms with Gasteiger partial charge in [0.1, 0.15) is 5.75 Å². The highest BCUT2D eigenvalue weighted by Crippen LogP contribution is 2.23. The lowest BCUT2D eigenvalue weighted by Gasteiger charge is -2.07. The molecular weight excluding hydrogens is 238 g/mol. The minimum atomic E-state index is -0.194. The van der Waals surface area contributed by atoms with Crippen molar-refractivity contribution in [2.45, 2.75) is 0 Å². The maximum atomic E-state index is 12.2. The second-order valence-corrected chi connectivity index (χ2v) is 3.79. The third-order valence-corrected chi connectivity index (χ3v) is 2.69. The van der Waals surface area contributed by atoms with E-state index in [-0.39, 0.29) is 5.78 Å². The van der Waals surface area contributed by atoms with Gasteiger partial charge >= 0.3 is 0 Å². The van der Waals surface area contributed by atoms with E-state index in [4.69, 9.17) is 16.3 Å². The predicted molar refractivity (Wildman–Crippen MR) is 65.7 cm³/mol. The van der Waals surface area contributed by atoms with E-state index in [1.54, 1.807) is 36.5 Å². The highest BCUT2D eigenvalue weighted by atomic mass is 35.5. The minimum absolute atomic E-state index is 0.194. The van der Waals surface area contributed by atoms with Gasteiger partial charge in [-0.25, -0.2) is 0 Å². The number of ether oxygens (including phenoxy) is 1. The summed E-state index contributed by atoms with van der Waals surface area (Å²) in [6.07, 6.45) is 3.05. The number of rotatable bonds is 3. The number of carbonyl (C=O) groups excluding carboxylic acids is 1. The van der Waals surface area contributed by atoms with Crippen LogP contribution in [0, 0.1) is 0 Å². The summed E-state index contributed by atoms with van der Waals surface area (Å²) >= 11 is 5.98. The Bertz CT molecular complexity index is 555. The standard InChI is InChI=1S/C13H10ClNO2/c1-17-12-6-7-15-8-10(12)13(16)9-4-2-3-5-11(9)14/h2-8H,1H3. The van der Waals surface area contributed by atoms with E-state index >= 15 is 0 Å². The summed E-state index contributed by atoms with van der Waals surface area (Å²) in [6.45, 7) is 0. The molecule has 2 aromatic rings. The molecule has 0 saturated heterocycles. The van der Waals surface area contributed by atoms with Crippen LogP contribution in [0.4, 0.5) is 0 Å². The van der Waals surface area contributed by atoms with Crippen LogP contribution in [0.3, 0.4) is 0 Å². The molecule has 4 heteroatoms. The van der Waals surface area contributed by atoms with Crippen molar-refractivity contribution in [1.29, 1.82) is 0 Å². The van der Waals surface area contributed by atoms with E-state index in [1.165, 1.54) is 13.3 Å². The lowest BCUT2D eigenvalue weighted by atomic mass is 10.0. The summed E-state index contributed by atoms with van der Waals surface area (Å²) in [5.41, 5.74) is 0.851. The van der Waals surface area contributed by atoms with Gasteiger partial charge in [0, 0.05) is 18.0 Å². The fourth-order valence-electron chi connectivity index (χ4n) is 1.52. The van der Waals surface area contributed by atoms with Crippen LogP contribution < -0.4 is 4.74 Å². The Kier molecular flexibility index (Phi) is 3.40. The van der Waals surface area contributed by atoms with Crippen LogP contribution >= 0.6 is 11.6 Å². The van der Waals surface area contributed by atoms with E-state index < -0.39 is 0 Å². The largest absolute Gasteiger partial charge is 0.496 e. The van der Waals surface area contributed by atoms with Gasteiger partial charge < -0.3 is 4.74 Å². The third-order valence-electron chi connectivity index (χ3n) is 2.36. The zero-order valence-electron chi connectivity index (χ0n) is 9.18. The summed E-state index contributed by atoms with van der Waals surface area (Å²) in [7, 11) is 1.51. The number of hydrogen-bond donors (Lipinski definition) is 0. The van der Waals surface area contributed by atoms with Crippen molar-refractivity contribution < 1.29 is 9.53 Å². The quantitative estimate of drug-likeness (QED) is 0.783. The average molecular weight is 248 g/mol. The summed E-state index contributed by atoms with van der Waals surface area (Å²) in [5.74, 6) is 0.297. The number of nitrogens with zero attached hydrogens (tertiary/aromatic N) is 1. The van der Waals surface area contributed by atoms with Crippen molar-refractivity contribution in [3.63, 3.8) is 0 Å². The lowest BCUT2D eigenvalue weighted by molar-refractivity contribution is 0.103. The number of carbonyl (C=O) groups is 1. The molecule has 0 spiro atoms. The van der Waals surface area contributed by atoms with Crippen LogP contribution in [-0.2, 0) is 0 Å². The van der Waals surface area contributed by atoms with Crippen molar-refractivity contribution in [2.75, 3.05) is 7.11 Å². The number of pyridine rings is 1. The van der Waals surface area contributed by atoms with Crippen LogP contribution in [-0.4, -0.2) is 17.9 Å². The maximum absolute atomic E-state index is 12.2. The molecule has 0 unspecified atom stereocenters. The maximum Gasteiger partial charge on any atom is 0.199 e. The molecule has 0 saturated carbocycles. The predicted octanol–water partition coefficient (Wildman–Crippen LogP) is 2.97. The molecule has 3 nitrogen and oxygen atoms in total. The molecule has 0 bridgehead atoms. The van der Waals surface area contributed by atoms with Gasteiger partial charge in [0.05, 0.1) is 17.7 Å². The lowest BCUT2D eigenvalue weighted by Crippen LogP contribution is -2.05. The van der Waals surface area contributed by atoms with Crippen molar-refractivity contribution in [2.24, 2.45) is 0 Å². The molecule has 1 heterocycles. The molecule has 1 aromatic heterocycles. The zero-order chi connectivity index (χ0) is 12.3. The molecule has 86 valence electrons. The Morgan fingerprint density at radius 3 is 2.71 bits per heavy atom. The number of methoxy groups -OCH3 is 1. The molecule has 0 N–H and O–H groups in total. The average Bonchev–Trinajstić information content (AvgIpc) is 2.38. The monoisotopic (exact) mass is 247 g/mol.